The SMILES string of the molecule is O=C(ONCC1CCC1)C1CCCCCCCCCC1. The van der Waals surface area contributed by atoms with Crippen LogP contribution < -0.4 is 5.48 Å². The lowest BCUT2D eigenvalue weighted by molar-refractivity contribution is -0.157. The van der Waals surface area contributed by atoms with E-state index in [2.05, 4.69) is 5.48 Å². The van der Waals surface area contributed by atoms with E-state index in [9.17, 15) is 4.79 Å². The van der Waals surface area contributed by atoms with Crippen molar-refractivity contribution >= 4 is 5.97 Å². The summed E-state index contributed by atoms with van der Waals surface area (Å²) in [5, 5.41) is 0. The second-order valence-corrected chi connectivity index (χ2v) is 6.67. The van der Waals surface area contributed by atoms with Gasteiger partial charge in [-0.15, -0.1) is 0 Å². The maximum Gasteiger partial charge on any atom is 0.327 e. The van der Waals surface area contributed by atoms with Crippen LogP contribution in [0.3, 0.4) is 0 Å². The van der Waals surface area contributed by atoms with Crippen molar-refractivity contribution in [2.75, 3.05) is 6.54 Å². The number of hydrogen-bond acceptors (Lipinski definition) is 3. The van der Waals surface area contributed by atoms with E-state index in [0.717, 1.165) is 25.3 Å². The molecule has 0 spiro atoms. The van der Waals surface area contributed by atoms with Gasteiger partial charge in [0.15, 0.2) is 0 Å². The molecule has 0 bridgehead atoms. The van der Waals surface area contributed by atoms with Gasteiger partial charge in [-0.1, -0.05) is 57.8 Å². The molecule has 0 unspecified atom stereocenters. The van der Waals surface area contributed by atoms with Gasteiger partial charge in [0.2, 0.25) is 0 Å². The maximum absolute atomic E-state index is 12.2. The molecule has 20 heavy (non-hydrogen) atoms. The van der Waals surface area contributed by atoms with Crippen LogP contribution in [0.15, 0.2) is 0 Å². The minimum atomic E-state index is -0.0106. The smallest absolute Gasteiger partial charge is 0.327 e. The Morgan fingerprint density at radius 3 is 1.85 bits per heavy atom. The summed E-state index contributed by atoms with van der Waals surface area (Å²) in [4.78, 5) is 17.4. The topological polar surface area (TPSA) is 38.3 Å². The first-order valence-electron chi connectivity index (χ1n) is 8.80. The van der Waals surface area contributed by atoms with Gasteiger partial charge >= 0.3 is 5.97 Å². The highest BCUT2D eigenvalue weighted by Gasteiger charge is 2.22. The Kier molecular flexibility index (Phi) is 7.42. The van der Waals surface area contributed by atoms with Crippen molar-refractivity contribution in [1.82, 2.24) is 5.48 Å². The molecule has 0 aromatic heterocycles. The third kappa shape index (κ3) is 5.82. The molecule has 0 saturated heterocycles. The zero-order valence-electron chi connectivity index (χ0n) is 12.9. The van der Waals surface area contributed by atoms with Crippen molar-refractivity contribution in [3.8, 4) is 0 Å². The van der Waals surface area contributed by atoms with E-state index >= 15 is 0 Å². The van der Waals surface area contributed by atoms with Gasteiger partial charge < -0.3 is 4.84 Å². The first-order chi connectivity index (χ1) is 9.86. The molecule has 2 fully saturated rings. The van der Waals surface area contributed by atoms with E-state index in [4.69, 9.17) is 4.84 Å². The molecule has 0 atom stereocenters. The second kappa shape index (κ2) is 9.38. The zero-order chi connectivity index (χ0) is 14.0. The molecule has 116 valence electrons. The molecule has 1 N–H and O–H groups in total. The van der Waals surface area contributed by atoms with Crippen molar-refractivity contribution in [3.63, 3.8) is 0 Å². The predicted molar refractivity (Wildman–Crippen MR) is 81.1 cm³/mol. The fraction of sp³-hybridized carbons (Fsp3) is 0.941. The molecule has 0 aromatic carbocycles. The molecule has 0 aromatic rings. The molecule has 3 nitrogen and oxygen atoms in total. The van der Waals surface area contributed by atoms with Crippen LogP contribution in [-0.4, -0.2) is 12.5 Å². The largest absolute Gasteiger partial charge is 0.370 e. The highest BCUT2D eigenvalue weighted by atomic mass is 16.7. The predicted octanol–water partition coefficient (Wildman–Crippen LogP) is 4.37. The number of hydrogen-bond donors (Lipinski definition) is 1. The van der Waals surface area contributed by atoms with Crippen LogP contribution >= 0.6 is 0 Å². The maximum atomic E-state index is 12.2. The summed E-state index contributed by atoms with van der Waals surface area (Å²) in [5.41, 5.74) is 2.91. The number of carbonyl (C=O) groups excluding carboxylic acids is 1. The molecule has 0 aliphatic heterocycles. The van der Waals surface area contributed by atoms with E-state index in [1.807, 2.05) is 0 Å². The molecule has 2 aliphatic rings. The highest BCUT2D eigenvalue weighted by Crippen LogP contribution is 2.25. The summed E-state index contributed by atoms with van der Waals surface area (Å²) < 4.78 is 0. The summed E-state index contributed by atoms with van der Waals surface area (Å²) >= 11 is 0. The first-order valence-corrected chi connectivity index (χ1v) is 8.80. The molecule has 2 aliphatic carbocycles. The van der Waals surface area contributed by atoms with Crippen molar-refractivity contribution in [1.29, 1.82) is 0 Å². The van der Waals surface area contributed by atoms with Gasteiger partial charge in [-0.3, -0.25) is 4.79 Å². The standard InChI is InChI=1S/C17H31NO2/c19-17(20-18-14-15-10-9-11-15)16-12-7-5-3-1-2-4-6-8-13-16/h15-16,18H,1-14H2. The summed E-state index contributed by atoms with van der Waals surface area (Å²) in [6, 6.07) is 0. The third-order valence-electron chi connectivity index (χ3n) is 4.96. The van der Waals surface area contributed by atoms with Crippen LogP contribution in [0.25, 0.3) is 0 Å². The van der Waals surface area contributed by atoms with Crippen LogP contribution in [0.4, 0.5) is 0 Å². The van der Waals surface area contributed by atoms with Gasteiger partial charge in [-0.05, 0) is 31.6 Å². The van der Waals surface area contributed by atoms with Crippen molar-refractivity contribution in [2.24, 2.45) is 11.8 Å². The Hall–Kier alpha value is -0.570. The van der Waals surface area contributed by atoms with E-state index in [1.54, 1.807) is 0 Å². The molecule has 2 saturated carbocycles. The van der Waals surface area contributed by atoms with Crippen molar-refractivity contribution < 1.29 is 9.63 Å². The summed E-state index contributed by atoms with van der Waals surface area (Å²) in [6.07, 6.45) is 16.3. The highest BCUT2D eigenvalue weighted by molar-refractivity contribution is 5.72. The van der Waals surface area contributed by atoms with Gasteiger partial charge in [0, 0.05) is 6.54 Å². The lowest BCUT2D eigenvalue weighted by Crippen LogP contribution is -2.32. The molecule has 0 radical (unpaired) electrons. The number of rotatable bonds is 4. The van der Waals surface area contributed by atoms with Crippen LogP contribution in [0.2, 0.25) is 0 Å². The normalized spacial score (nSPS) is 23.6. The minimum absolute atomic E-state index is 0.0106. The Labute approximate surface area is 123 Å². The van der Waals surface area contributed by atoms with Crippen molar-refractivity contribution in [2.45, 2.75) is 83.5 Å². The number of carbonyl (C=O) groups is 1. The van der Waals surface area contributed by atoms with E-state index in [1.165, 1.54) is 70.6 Å². The zero-order valence-corrected chi connectivity index (χ0v) is 12.9. The summed E-state index contributed by atoms with van der Waals surface area (Å²) in [6.45, 7) is 0.846. The monoisotopic (exact) mass is 281 g/mol. The molecule has 3 heteroatoms. The van der Waals surface area contributed by atoms with E-state index < -0.39 is 0 Å². The van der Waals surface area contributed by atoms with Crippen molar-refractivity contribution in [3.05, 3.63) is 0 Å². The van der Waals surface area contributed by atoms with Crippen LogP contribution in [-0.2, 0) is 9.63 Å². The van der Waals surface area contributed by atoms with E-state index in [0.29, 0.717) is 0 Å². The molecule has 0 amide bonds. The second-order valence-electron chi connectivity index (χ2n) is 6.67. The van der Waals surface area contributed by atoms with Gasteiger partial charge in [0.05, 0.1) is 5.92 Å². The van der Waals surface area contributed by atoms with Crippen LogP contribution in [0.1, 0.15) is 83.5 Å². The molecular formula is C17H31NO2. The first kappa shape index (κ1) is 15.8. The Morgan fingerprint density at radius 1 is 0.800 bits per heavy atom. The quantitative estimate of drug-likeness (QED) is 0.778. The molecular weight excluding hydrogens is 250 g/mol. The van der Waals surface area contributed by atoms with Gasteiger partial charge in [-0.25, -0.2) is 0 Å². The fourth-order valence-electron chi connectivity index (χ4n) is 3.23. The third-order valence-corrected chi connectivity index (χ3v) is 4.96. The lowest BCUT2D eigenvalue weighted by Gasteiger charge is -2.25. The molecule has 2 rings (SSSR count). The summed E-state index contributed by atoms with van der Waals surface area (Å²) in [7, 11) is 0. The number of hydroxylamine groups is 1. The Balaban J connectivity index is 1.66. The fourth-order valence-corrected chi connectivity index (χ4v) is 3.23. The van der Waals surface area contributed by atoms with Gasteiger partial charge in [0.25, 0.3) is 0 Å². The average Bonchev–Trinajstić information content (AvgIpc) is 2.46. The molecule has 0 heterocycles. The Morgan fingerprint density at radius 2 is 1.35 bits per heavy atom. The average molecular weight is 281 g/mol. The van der Waals surface area contributed by atoms with Gasteiger partial charge in [-0.2, -0.15) is 5.48 Å². The minimum Gasteiger partial charge on any atom is -0.370 e. The summed E-state index contributed by atoms with van der Waals surface area (Å²) in [5.74, 6) is 0.848. The van der Waals surface area contributed by atoms with Crippen LogP contribution in [0.5, 0.6) is 0 Å². The van der Waals surface area contributed by atoms with Crippen LogP contribution in [0, 0.1) is 11.8 Å². The Bertz CT molecular complexity index is 264. The number of nitrogens with one attached hydrogen (secondary N) is 1. The lowest BCUT2D eigenvalue weighted by atomic mass is 9.86. The van der Waals surface area contributed by atoms with Gasteiger partial charge in [0.1, 0.15) is 0 Å². The van der Waals surface area contributed by atoms with E-state index in [-0.39, 0.29) is 11.9 Å².